The quantitative estimate of drug-likeness (QED) is 0.928. The molecule has 5 heteroatoms. The Labute approximate surface area is 148 Å². The van der Waals surface area contributed by atoms with Gasteiger partial charge in [0.05, 0.1) is 5.56 Å². The molecule has 1 amide bonds. The number of carbonyl (C=O) groups is 1. The van der Waals surface area contributed by atoms with Crippen molar-refractivity contribution in [3.05, 3.63) is 59.3 Å². The summed E-state index contributed by atoms with van der Waals surface area (Å²) in [6.45, 7) is 4.73. The summed E-state index contributed by atoms with van der Waals surface area (Å²) in [4.78, 5) is 19.0. The van der Waals surface area contributed by atoms with Crippen LogP contribution in [0.1, 0.15) is 48.2 Å². The molecule has 1 aromatic carbocycles. The summed E-state index contributed by atoms with van der Waals surface area (Å²) < 4.78 is 0. The molecule has 3 rings (SSSR count). The van der Waals surface area contributed by atoms with Gasteiger partial charge in [0, 0.05) is 30.4 Å². The molecule has 0 radical (unpaired) electrons. The predicted octanol–water partition coefficient (Wildman–Crippen LogP) is 3.58. The second-order valence-corrected chi connectivity index (χ2v) is 6.55. The molecule has 2 atom stereocenters. The smallest absolute Gasteiger partial charge is 0.254 e. The maximum atomic E-state index is 12.8. The standard InChI is InChI=1S/C20H22N4O/c1-14-8-9-15(2)24(14)20(25)17-6-3-5-16(11-17)13-23-19-18(12-21)7-4-10-22-19/h3-7,10-11,14-15H,8-9,13H2,1-2H3,(H,22,23)/t14-,15+. The van der Waals surface area contributed by atoms with E-state index in [0.717, 1.165) is 18.4 Å². The van der Waals surface area contributed by atoms with Crippen LogP contribution in [0.2, 0.25) is 0 Å². The van der Waals surface area contributed by atoms with Crippen molar-refractivity contribution in [1.29, 1.82) is 5.26 Å². The molecule has 128 valence electrons. The number of nitrogens with one attached hydrogen (secondary N) is 1. The van der Waals surface area contributed by atoms with Gasteiger partial charge in [0.15, 0.2) is 0 Å². The summed E-state index contributed by atoms with van der Waals surface area (Å²) in [7, 11) is 0. The number of benzene rings is 1. The second kappa shape index (κ2) is 7.35. The molecule has 0 unspecified atom stereocenters. The molecule has 0 bridgehead atoms. The normalized spacial score (nSPS) is 19.5. The largest absolute Gasteiger partial charge is 0.365 e. The van der Waals surface area contributed by atoms with Crippen molar-refractivity contribution in [3.8, 4) is 6.07 Å². The van der Waals surface area contributed by atoms with E-state index in [1.54, 1.807) is 18.3 Å². The van der Waals surface area contributed by atoms with E-state index >= 15 is 0 Å². The third-order valence-electron chi connectivity index (χ3n) is 4.75. The van der Waals surface area contributed by atoms with E-state index in [9.17, 15) is 4.79 Å². The SMILES string of the molecule is C[C@@H]1CC[C@H](C)N1C(=O)c1cccc(CNc2ncccc2C#N)c1. The van der Waals surface area contributed by atoms with Gasteiger partial charge in [0.2, 0.25) is 0 Å². The van der Waals surface area contributed by atoms with Gasteiger partial charge < -0.3 is 10.2 Å². The van der Waals surface area contributed by atoms with E-state index in [-0.39, 0.29) is 18.0 Å². The van der Waals surface area contributed by atoms with E-state index < -0.39 is 0 Å². The van der Waals surface area contributed by atoms with Gasteiger partial charge in [-0.1, -0.05) is 12.1 Å². The molecular weight excluding hydrogens is 312 g/mol. The molecule has 0 aliphatic carbocycles. The Morgan fingerprint density at radius 3 is 2.76 bits per heavy atom. The maximum Gasteiger partial charge on any atom is 0.254 e. The molecule has 0 saturated carbocycles. The van der Waals surface area contributed by atoms with Crippen LogP contribution in [0.4, 0.5) is 5.82 Å². The van der Waals surface area contributed by atoms with Crippen molar-refractivity contribution in [2.45, 2.75) is 45.3 Å². The molecule has 1 N–H and O–H groups in total. The Morgan fingerprint density at radius 1 is 1.28 bits per heavy atom. The maximum absolute atomic E-state index is 12.8. The van der Waals surface area contributed by atoms with Crippen molar-refractivity contribution in [2.75, 3.05) is 5.32 Å². The summed E-state index contributed by atoms with van der Waals surface area (Å²) in [5.41, 5.74) is 2.20. The number of carbonyl (C=O) groups excluding carboxylic acids is 1. The highest BCUT2D eigenvalue weighted by atomic mass is 16.2. The fraction of sp³-hybridized carbons (Fsp3) is 0.350. The number of hydrogen-bond acceptors (Lipinski definition) is 4. The van der Waals surface area contributed by atoms with E-state index in [0.29, 0.717) is 23.5 Å². The lowest BCUT2D eigenvalue weighted by Crippen LogP contribution is -2.38. The van der Waals surface area contributed by atoms with Crippen LogP contribution in [0.25, 0.3) is 0 Å². The molecule has 1 saturated heterocycles. The highest BCUT2D eigenvalue weighted by Gasteiger charge is 2.31. The van der Waals surface area contributed by atoms with Gasteiger partial charge in [-0.3, -0.25) is 4.79 Å². The van der Waals surface area contributed by atoms with E-state index in [4.69, 9.17) is 5.26 Å². The lowest BCUT2D eigenvalue weighted by atomic mass is 10.1. The number of nitrogens with zero attached hydrogens (tertiary/aromatic N) is 3. The van der Waals surface area contributed by atoms with Crippen molar-refractivity contribution in [1.82, 2.24) is 9.88 Å². The number of aromatic nitrogens is 1. The fourth-order valence-electron chi connectivity index (χ4n) is 3.38. The van der Waals surface area contributed by atoms with Crippen LogP contribution in [-0.4, -0.2) is 27.9 Å². The second-order valence-electron chi connectivity index (χ2n) is 6.55. The minimum Gasteiger partial charge on any atom is -0.365 e. The van der Waals surface area contributed by atoms with Gasteiger partial charge in [-0.2, -0.15) is 5.26 Å². The molecule has 1 aromatic heterocycles. The number of anilines is 1. The monoisotopic (exact) mass is 334 g/mol. The van der Waals surface area contributed by atoms with Crippen molar-refractivity contribution < 1.29 is 4.79 Å². The van der Waals surface area contributed by atoms with Crippen LogP contribution in [-0.2, 0) is 6.54 Å². The molecule has 1 aliphatic rings. The average Bonchev–Trinajstić information content (AvgIpc) is 2.98. The van der Waals surface area contributed by atoms with Crippen molar-refractivity contribution >= 4 is 11.7 Å². The first-order valence-corrected chi connectivity index (χ1v) is 8.60. The minimum absolute atomic E-state index is 0.0925. The first kappa shape index (κ1) is 17.0. The van der Waals surface area contributed by atoms with Crippen LogP contribution in [0.15, 0.2) is 42.6 Å². The van der Waals surface area contributed by atoms with E-state index in [2.05, 4.69) is 30.2 Å². The zero-order chi connectivity index (χ0) is 17.8. The lowest BCUT2D eigenvalue weighted by Gasteiger charge is -2.26. The van der Waals surface area contributed by atoms with Gasteiger partial charge >= 0.3 is 0 Å². The number of pyridine rings is 1. The predicted molar refractivity (Wildman–Crippen MR) is 97.0 cm³/mol. The fourth-order valence-corrected chi connectivity index (χ4v) is 3.38. The number of nitriles is 1. The van der Waals surface area contributed by atoms with Crippen molar-refractivity contribution in [3.63, 3.8) is 0 Å². The molecule has 25 heavy (non-hydrogen) atoms. The molecule has 2 aromatic rings. The van der Waals surface area contributed by atoms with Gasteiger partial charge in [0.25, 0.3) is 5.91 Å². The van der Waals surface area contributed by atoms with Crippen LogP contribution >= 0.6 is 0 Å². The highest BCUT2D eigenvalue weighted by Crippen LogP contribution is 2.26. The number of amides is 1. The van der Waals surface area contributed by atoms with Crippen molar-refractivity contribution in [2.24, 2.45) is 0 Å². The first-order valence-electron chi connectivity index (χ1n) is 8.60. The topological polar surface area (TPSA) is 69.0 Å². The highest BCUT2D eigenvalue weighted by molar-refractivity contribution is 5.95. The van der Waals surface area contributed by atoms with E-state index in [1.807, 2.05) is 29.2 Å². The molecule has 1 aliphatic heterocycles. The van der Waals surface area contributed by atoms with Gasteiger partial charge in [-0.15, -0.1) is 0 Å². The summed E-state index contributed by atoms with van der Waals surface area (Å²) in [5, 5.41) is 12.3. The number of hydrogen-bond donors (Lipinski definition) is 1. The van der Waals surface area contributed by atoms with E-state index in [1.165, 1.54) is 0 Å². The summed E-state index contributed by atoms with van der Waals surface area (Å²) in [5.74, 6) is 0.651. The van der Waals surface area contributed by atoms with Crippen LogP contribution in [0.3, 0.4) is 0 Å². The lowest BCUT2D eigenvalue weighted by molar-refractivity contribution is 0.0692. The molecule has 2 heterocycles. The van der Waals surface area contributed by atoms with Gasteiger partial charge in [-0.25, -0.2) is 4.98 Å². The number of likely N-dealkylation sites (tertiary alicyclic amines) is 1. The summed E-state index contributed by atoms with van der Waals surface area (Å²) in [6, 6.07) is 13.8. The Morgan fingerprint density at radius 2 is 2.04 bits per heavy atom. The summed E-state index contributed by atoms with van der Waals surface area (Å²) in [6.07, 6.45) is 3.77. The molecule has 5 nitrogen and oxygen atoms in total. The minimum atomic E-state index is 0.0925. The molecule has 0 spiro atoms. The Balaban J connectivity index is 1.74. The molecular formula is C20H22N4O. The third-order valence-corrected chi connectivity index (χ3v) is 4.75. The average molecular weight is 334 g/mol. The zero-order valence-corrected chi connectivity index (χ0v) is 14.6. The Kier molecular flexibility index (Phi) is 4.99. The van der Waals surface area contributed by atoms with Crippen LogP contribution in [0, 0.1) is 11.3 Å². The third kappa shape index (κ3) is 3.63. The Bertz CT molecular complexity index is 801. The van der Waals surface area contributed by atoms with Gasteiger partial charge in [0.1, 0.15) is 11.9 Å². The molecule has 1 fully saturated rings. The summed E-state index contributed by atoms with van der Waals surface area (Å²) >= 11 is 0. The first-order chi connectivity index (χ1) is 12.1. The number of rotatable bonds is 4. The van der Waals surface area contributed by atoms with Gasteiger partial charge in [-0.05, 0) is 56.5 Å². The van der Waals surface area contributed by atoms with Crippen LogP contribution < -0.4 is 5.32 Å². The zero-order valence-electron chi connectivity index (χ0n) is 14.6. The van der Waals surface area contributed by atoms with Crippen LogP contribution in [0.5, 0.6) is 0 Å². The Hall–Kier alpha value is -2.87.